The lowest BCUT2D eigenvalue weighted by atomic mass is 9.89. The Morgan fingerprint density at radius 1 is 1.35 bits per heavy atom. The first-order chi connectivity index (χ1) is 11.0. The van der Waals surface area contributed by atoms with Gasteiger partial charge in [-0.05, 0) is 31.1 Å². The summed E-state index contributed by atoms with van der Waals surface area (Å²) < 4.78 is 5.14. The highest BCUT2D eigenvalue weighted by molar-refractivity contribution is 7.80. The molecule has 23 heavy (non-hydrogen) atoms. The van der Waals surface area contributed by atoms with Gasteiger partial charge in [0.2, 0.25) is 5.91 Å². The Bertz CT molecular complexity index is 615. The first-order valence-corrected chi connectivity index (χ1v) is 7.86. The molecule has 124 valence electrons. The molecule has 0 aromatic heterocycles. The van der Waals surface area contributed by atoms with Crippen molar-refractivity contribution in [3.63, 3.8) is 0 Å². The highest BCUT2D eigenvalue weighted by Crippen LogP contribution is 2.29. The molecule has 0 aliphatic heterocycles. The monoisotopic (exact) mass is 337 g/mol. The predicted molar refractivity (Wildman–Crippen MR) is 90.6 cm³/mol. The lowest BCUT2D eigenvalue weighted by Crippen LogP contribution is -2.39. The summed E-state index contributed by atoms with van der Waals surface area (Å²) in [7, 11) is 1.45. The van der Waals surface area contributed by atoms with Gasteiger partial charge in [0, 0.05) is 18.1 Å². The summed E-state index contributed by atoms with van der Waals surface area (Å²) in [5.74, 6) is 0.284. The van der Waals surface area contributed by atoms with Crippen LogP contribution in [0.1, 0.15) is 32.1 Å². The smallest absolute Gasteiger partial charge is 0.271 e. The molecule has 7 nitrogen and oxygen atoms in total. The fraction of sp³-hybridized carbons (Fsp3) is 0.467. The van der Waals surface area contributed by atoms with Crippen LogP contribution in [0.3, 0.4) is 0 Å². The van der Waals surface area contributed by atoms with Gasteiger partial charge in [0.15, 0.2) is 5.11 Å². The molecule has 0 bridgehead atoms. The second kappa shape index (κ2) is 7.87. The molecule has 8 heteroatoms. The lowest BCUT2D eigenvalue weighted by molar-refractivity contribution is -0.384. The fourth-order valence-electron chi connectivity index (χ4n) is 2.64. The zero-order valence-corrected chi connectivity index (χ0v) is 13.6. The van der Waals surface area contributed by atoms with E-state index < -0.39 is 4.92 Å². The summed E-state index contributed by atoms with van der Waals surface area (Å²) in [6, 6.07) is 4.14. The van der Waals surface area contributed by atoms with Crippen molar-refractivity contribution in [2.24, 2.45) is 5.92 Å². The number of amides is 1. The normalized spacial score (nSPS) is 14.8. The number of carbonyl (C=O) groups excluding carboxylic acids is 1. The minimum absolute atomic E-state index is 0.0181. The van der Waals surface area contributed by atoms with Crippen molar-refractivity contribution < 1.29 is 14.5 Å². The maximum absolute atomic E-state index is 12.2. The average molecular weight is 337 g/mol. The third-order valence-electron chi connectivity index (χ3n) is 3.85. The van der Waals surface area contributed by atoms with Gasteiger partial charge in [-0.1, -0.05) is 19.3 Å². The van der Waals surface area contributed by atoms with E-state index in [0.29, 0.717) is 11.4 Å². The summed E-state index contributed by atoms with van der Waals surface area (Å²) in [6.45, 7) is 0. The SMILES string of the molecule is COc1ccc([N+](=O)[O-])cc1NC(=S)NC(=O)C1CCCCC1. The number of nitro benzene ring substituents is 1. The number of nitrogens with zero attached hydrogens (tertiary/aromatic N) is 1. The molecule has 1 aromatic rings. The Kier molecular flexibility index (Phi) is 5.86. The topological polar surface area (TPSA) is 93.5 Å². The molecule has 0 saturated heterocycles. The number of hydrogen-bond acceptors (Lipinski definition) is 5. The Morgan fingerprint density at radius 2 is 2.04 bits per heavy atom. The Hall–Kier alpha value is -2.22. The zero-order valence-electron chi connectivity index (χ0n) is 12.8. The van der Waals surface area contributed by atoms with Crippen LogP contribution >= 0.6 is 12.2 Å². The van der Waals surface area contributed by atoms with Gasteiger partial charge in [0.1, 0.15) is 5.75 Å². The quantitative estimate of drug-likeness (QED) is 0.498. The number of methoxy groups -OCH3 is 1. The number of nitrogens with one attached hydrogen (secondary N) is 2. The molecule has 0 unspecified atom stereocenters. The predicted octanol–water partition coefficient (Wildman–Crippen LogP) is 3.00. The maximum atomic E-state index is 12.2. The number of anilines is 1. The number of nitro groups is 1. The van der Waals surface area contributed by atoms with Crippen LogP contribution in [0, 0.1) is 16.0 Å². The molecule has 1 aliphatic rings. The third kappa shape index (κ3) is 4.62. The van der Waals surface area contributed by atoms with E-state index in [1.165, 1.54) is 25.3 Å². The van der Waals surface area contributed by atoms with Crippen molar-refractivity contribution in [2.45, 2.75) is 32.1 Å². The summed E-state index contributed by atoms with van der Waals surface area (Å²) in [4.78, 5) is 22.5. The van der Waals surface area contributed by atoms with Gasteiger partial charge in [0.25, 0.3) is 5.69 Å². The first kappa shape index (κ1) is 17.1. The molecular formula is C15H19N3O4S. The van der Waals surface area contributed by atoms with Crippen LogP contribution in [-0.4, -0.2) is 23.1 Å². The Balaban J connectivity index is 2.02. The summed E-state index contributed by atoms with van der Waals surface area (Å²) in [5, 5.41) is 16.4. The van der Waals surface area contributed by atoms with Crippen LogP contribution in [0.25, 0.3) is 0 Å². The second-order valence-corrected chi connectivity index (χ2v) is 5.83. The van der Waals surface area contributed by atoms with Crippen molar-refractivity contribution in [1.82, 2.24) is 5.32 Å². The van der Waals surface area contributed by atoms with E-state index in [-0.39, 0.29) is 22.6 Å². The zero-order chi connectivity index (χ0) is 16.8. The van der Waals surface area contributed by atoms with E-state index in [1.807, 2.05) is 0 Å². The molecular weight excluding hydrogens is 318 g/mol. The largest absolute Gasteiger partial charge is 0.495 e. The van der Waals surface area contributed by atoms with Gasteiger partial charge in [-0.3, -0.25) is 14.9 Å². The number of rotatable bonds is 4. The Morgan fingerprint density at radius 3 is 2.65 bits per heavy atom. The van der Waals surface area contributed by atoms with Crippen molar-refractivity contribution >= 4 is 34.6 Å². The third-order valence-corrected chi connectivity index (χ3v) is 4.06. The van der Waals surface area contributed by atoms with Gasteiger partial charge >= 0.3 is 0 Å². The van der Waals surface area contributed by atoms with E-state index in [1.54, 1.807) is 0 Å². The van der Waals surface area contributed by atoms with Crippen molar-refractivity contribution in [2.75, 3.05) is 12.4 Å². The second-order valence-electron chi connectivity index (χ2n) is 5.42. The number of carbonyl (C=O) groups is 1. The molecule has 1 aliphatic carbocycles. The highest BCUT2D eigenvalue weighted by Gasteiger charge is 2.22. The first-order valence-electron chi connectivity index (χ1n) is 7.45. The summed E-state index contributed by atoms with van der Waals surface area (Å²) >= 11 is 5.13. The molecule has 1 aromatic carbocycles. The molecule has 1 saturated carbocycles. The van der Waals surface area contributed by atoms with Crippen LogP contribution in [0.4, 0.5) is 11.4 Å². The molecule has 1 amide bonds. The minimum atomic E-state index is -0.506. The summed E-state index contributed by atoms with van der Waals surface area (Å²) in [6.07, 6.45) is 5.01. The van der Waals surface area contributed by atoms with E-state index in [4.69, 9.17) is 17.0 Å². The van der Waals surface area contributed by atoms with Gasteiger partial charge in [-0.25, -0.2) is 0 Å². The Labute approximate surface area is 139 Å². The van der Waals surface area contributed by atoms with Gasteiger partial charge in [-0.2, -0.15) is 0 Å². The number of benzene rings is 1. The number of thiocarbonyl (C=S) groups is 1. The fourth-order valence-corrected chi connectivity index (χ4v) is 2.85. The van der Waals surface area contributed by atoms with E-state index in [9.17, 15) is 14.9 Å². The lowest BCUT2D eigenvalue weighted by Gasteiger charge is -2.21. The molecule has 2 rings (SSSR count). The average Bonchev–Trinajstić information content (AvgIpc) is 2.55. The number of hydrogen-bond donors (Lipinski definition) is 2. The van der Waals surface area contributed by atoms with Crippen molar-refractivity contribution in [1.29, 1.82) is 0 Å². The van der Waals surface area contributed by atoms with Gasteiger partial charge < -0.3 is 15.4 Å². The molecule has 0 radical (unpaired) electrons. The molecule has 0 spiro atoms. The van der Waals surface area contributed by atoms with Crippen LogP contribution in [0.2, 0.25) is 0 Å². The van der Waals surface area contributed by atoms with Crippen LogP contribution in [0.15, 0.2) is 18.2 Å². The van der Waals surface area contributed by atoms with Crippen molar-refractivity contribution in [3.05, 3.63) is 28.3 Å². The molecule has 1 fully saturated rings. The van der Waals surface area contributed by atoms with E-state index in [2.05, 4.69) is 10.6 Å². The van der Waals surface area contributed by atoms with Crippen LogP contribution in [0.5, 0.6) is 5.75 Å². The molecule has 0 atom stereocenters. The van der Waals surface area contributed by atoms with Crippen LogP contribution in [-0.2, 0) is 4.79 Å². The van der Waals surface area contributed by atoms with Crippen molar-refractivity contribution in [3.8, 4) is 5.75 Å². The molecule has 0 heterocycles. The number of ether oxygens (including phenoxy) is 1. The van der Waals surface area contributed by atoms with Crippen LogP contribution < -0.4 is 15.4 Å². The molecule has 2 N–H and O–H groups in total. The van der Waals surface area contributed by atoms with Gasteiger partial charge in [-0.15, -0.1) is 0 Å². The number of non-ortho nitro benzene ring substituents is 1. The van der Waals surface area contributed by atoms with E-state index in [0.717, 1.165) is 32.1 Å². The van der Waals surface area contributed by atoms with Gasteiger partial charge in [0.05, 0.1) is 17.7 Å². The highest BCUT2D eigenvalue weighted by atomic mass is 32.1. The maximum Gasteiger partial charge on any atom is 0.271 e. The standard InChI is InChI=1S/C15H19N3O4S/c1-22-13-8-7-11(18(20)21)9-12(13)16-15(23)17-14(19)10-5-3-2-4-6-10/h7-10H,2-6H2,1H3,(H2,16,17,19,23). The summed E-state index contributed by atoms with van der Waals surface area (Å²) in [5.41, 5.74) is 0.255. The minimum Gasteiger partial charge on any atom is -0.495 e. The van der Waals surface area contributed by atoms with E-state index >= 15 is 0 Å².